The third-order valence-electron chi connectivity index (χ3n) is 3.65. The van der Waals surface area contributed by atoms with Crippen molar-refractivity contribution in [3.8, 4) is 0 Å². The molecule has 0 heterocycles. The first-order valence-electron chi connectivity index (χ1n) is 7.18. The van der Waals surface area contributed by atoms with E-state index >= 15 is 0 Å². The Balaban J connectivity index is 2.21. The Labute approximate surface area is 143 Å². The number of aryl methyl sites for hydroxylation is 1. The lowest BCUT2D eigenvalue weighted by Gasteiger charge is -2.13. The lowest BCUT2D eigenvalue weighted by Crippen LogP contribution is -2.32. The van der Waals surface area contributed by atoms with Gasteiger partial charge >= 0.3 is 0 Å². The molecule has 9 heteroatoms. The quantitative estimate of drug-likeness (QED) is 0.647. The molecule has 1 atom stereocenters. The third kappa shape index (κ3) is 4.00. The number of amides is 1. The summed E-state index contributed by atoms with van der Waals surface area (Å²) in [6.45, 7) is 2.75. The molecule has 0 saturated heterocycles. The highest BCUT2D eigenvalue weighted by Gasteiger charge is 2.30. The minimum Gasteiger partial charge on any atom is -0.325 e. The van der Waals surface area contributed by atoms with Crippen molar-refractivity contribution >= 4 is 27.1 Å². The van der Waals surface area contributed by atoms with Gasteiger partial charge in [-0.1, -0.05) is 6.07 Å². The summed E-state index contributed by atoms with van der Waals surface area (Å²) in [5.74, 6) is -1.36. The SMILES string of the molecule is Cc1ccc(NC(=O)[C@H](C)S(=O)(=O)c2ccc([N+](=O)[O-])cc2)cc1F. The topological polar surface area (TPSA) is 106 Å². The molecule has 2 aromatic carbocycles. The number of hydrogen-bond donors (Lipinski definition) is 1. The van der Waals surface area contributed by atoms with Crippen LogP contribution in [-0.2, 0) is 14.6 Å². The third-order valence-corrected chi connectivity index (χ3v) is 5.72. The first-order chi connectivity index (χ1) is 11.6. The molecule has 1 amide bonds. The van der Waals surface area contributed by atoms with Gasteiger partial charge in [0.1, 0.15) is 11.1 Å². The van der Waals surface area contributed by atoms with Crippen molar-refractivity contribution in [2.24, 2.45) is 0 Å². The normalized spacial score (nSPS) is 12.4. The Hall–Kier alpha value is -2.81. The molecule has 2 rings (SSSR count). The molecular weight excluding hydrogens is 351 g/mol. The van der Waals surface area contributed by atoms with E-state index in [0.29, 0.717) is 5.56 Å². The van der Waals surface area contributed by atoms with Gasteiger partial charge in [-0.25, -0.2) is 12.8 Å². The fourth-order valence-electron chi connectivity index (χ4n) is 2.02. The van der Waals surface area contributed by atoms with E-state index in [-0.39, 0.29) is 16.3 Å². The molecule has 0 aliphatic carbocycles. The van der Waals surface area contributed by atoms with Gasteiger partial charge in [0.05, 0.1) is 9.82 Å². The summed E-state index contributed by atoms with van der Waals surface area (Å²) in [4.78, 5) is 21.9. The van der Waals surface area contributed by atoms with Gasteiger partial charge in [-0.05, 0) is 43.7 Å². The van der Waals surface area contributed by atoms with Crippen LogP contribution in [-0.4, -0.2) is 24.5 Å². The number of nitro groups is 1. The van der Waals surface area contributed by atoms with Crippen molar-refractivity contribution < 1.29 is 22.5 Å². The predicted molar refractivity (Wildman–Crippen MR) is 89.5 cm³/mol. The zero-order valence-electron chi connectivity index (χ0n) is 13.4. The number of sulfone groups is 1. The molecule has 0 spiro atoms. The van der Waals surface area contributed by atoms with Crippen molar-refractivity contribution in [3.63, 3.8) is 0 Å². The number of halogens is 1. The Morgan fingerprint density at radius 1 is 1.20 bits per heavy atom. The number of carbonyl (C=O) groups excluding carboxylic acids is 1. The van der Waals surface area contributed by atoms with Crippen molar-refractivity contribution in [3.05, 3.63) is 64.0 Å². The number of hydrogen-bond acceptors (Lipinski definition) is 5. The van der Waals surface area contributed by atoms with Crippen molar-refractivity contribution in [1.82, 2.24) is 0 Å². The second-order valence-electron chi connectivity index (χ2n) is 5.39. The average Bonchev–Trinajstić information content (AvgIpc) is 2.57. The van der Waals surface area contributed by atoms with E-state index in [9.17, 15) is 27.7 Å². The van der Waals surface area contributed by atoms with Crippen LogP contribution in [0.25, 0.3) is 0 Å². The standard InChI is InChI=1S/C16H15FN2O5S/c1-10-3-4-12(9-15(10)17)18-16(20)11(2)25(23,24)14-7-5-13(6-8-14)19(21)22/h3-9,11H,1-2H3,(H,18,20)/t11-/m0/s1. The first kappa shape index (κ1) is 18.5. The lowest BCUT2D eigenvalue weighted by atomic mass is 10.2. The minimum absolute atomic E-state index is 0.138. The lowest BCUT2D eigenvalue weighted by molar-refractivity contribution is -0.384. The van der Waals surface area contributed by atoms with Crippen LogP contribution in [0.1, 0.15) is 12.5 Å². The van der Waals surface area contributed by atoms with E-state index in [1.165, 1.54) is 19.1 Å². The van der Waals surface area contributed by atoms with E-state index < -0.39 is 31.7 Å². The van der Waals surface area contributed by atoms with Crippen LogP contribution in [0.3, 0.4) is 0 Å². The predicted octanol–water partition coefficient (Wildman–Crippen LogP) is 2.84. The number of anilines is 1. The summed E-state index contributed by atoms with van der Waals surface area (Å²) in [7, 11) is -4.05. The summed E-state index contributed by atoms with van der Waals surface area (Å²) < 4.78 is 38.4. The van der Waals surface area contributed by atoms with Gasteiger partial charge < -0.3 is 5.32 Å². The zero-order chi connectivity index (χ0) is 18.8. The molecular formula is C16H15FN2O5S. The molecule has 0 aliphatic heterocycles. The van der Waals surface area contributed by atoms with Crippen LogP contribution in [0.4, 0.5) is 15.8 Å². The molecule has 7 nitrogen and oxygen atoms in total. The molecule has 1 N–H and O–H groups in total. The number of nitro benzene ring substituents is 1. The smallest absolute Gasteiger partial charge is 0.269 e. The van der Waals surface area contributed by atoms with Gasteiger partial charge in [-0.15, -0.1) is 0 Å². The molecule has 0 bridgehead atoms. The van der Waals surface area contributed by atoms with E-state index in [1.54, 1.807) is 6.92 Å². The zero-order valence-corrected chi connectivity index (χ0v) is 14.2. The molecule has 0 aliphatic rings. The number of benzene rings is 2. The summed E-state index contributed by atoms with van der Waals surface area (Å²) in [6.07, 6.45) is 0. The number of carbonyl (C=O) groups is 1. The van der Waals surface area contributed by atoms with E-state index in [1.807, 2.05) is 0 Å². The second-order valence-corrected chi connectivity index (χ2v) is 7.66. The maximum atomic E-state index is 13.5. The molecule has 0 saturated carbocycles. The number of nitrogens with zero attached hydrogens (tertiary/aromatic N) is 1. The van der Waals surface area contributed by atoms with Gasteiger partial charge in [0.2, 0.25) is 5.91 Å². The average molecular weight is 366 g/mol. The fourth-order valence-corrected chi connectivity index (χ4v) is 3.28. The van der Waals surface area contributed by atoms with Gasteiger partial charge in [-0.3, -0.25) is 14.9 Å². The number of rotatable bonds is 5. The van der Waals surface area contributed by atoms with Gasteiger partial charge in [-0.2, -0.15) is 0 Å². The largest absolute Gasteiger partial charge is 0.325 e. The van der Waals surface area contributed by atoms with E-state index in [4.69, 9.17) is 0 Å². The summed E-state index contributed by atoms with van der Waals surface area (Å²) in [6, 6.07) is 8.26. The van der Waals surface area contributed by atoms with Crippen LogP contribution in [0.2, 0.25) is 0 Å². The maximum Gasteiger partial charge on any atom is 0.269 e. The number of non-ortho nitro benzene ring substituents is 1. The molecule has 0 aromatic heterocycles. The summed E-state index contributed by atoms with van der Waals surface area (Å²) in [5, 5.41) is 11.5. The molecule has 0 fully saturated rings. The van der Waals surface area contributed by atoms with Crippen LogP contribution in [0, 0.1) is 22.9 Å². The van der Waals surface area contributed by atoms with Gasteiger partial charge in [0.25, 0.3) is 5.69 Å². The van der Waals surface area contributed by atoms with E-state index in [0.717, 1.165) is 30.3 Å². The molecule has 2 aromatic rings. The summed E-state index contributed by atoms with van der Waals surface area (Å²) in [5.41, 5.74) is 0.273. The maximum absolute atomic E-state index is 13.5. The Morgan fingerprint density at radius 3 is 2.32 bits per heavy atom. The van der Waals surface area contributed by atoms with Crippen molar-refractivity contribution in [2.75, 3.05) is 5.32 Å². The van der Waals surface area contributed by atoms with Crippen LogP contribution < -0.4 is 5.32 Å². The van der Waals surface area contributed by atoms with E-state index in [2.05, 4.69) is 5.32 Å². The fraction of sp³-hybridized carbons (Fsp3) is 0.188. The molecule has 25 heavy (non-hydrogen) atoms. The van der Waals surface area contributed by atoms with Crippen LogP contribution >= 0.6 is 0 Å². The highest BCUT2D eigenvalue weighted by atomic mass is 32.2. The van der Waals surface area contributed by atoms with Crippen LogP contribution in [0.5, 0.6) is 0 Å². The van der Waals surface area contributed by atoms with Crippen molar-refractivity contribution in [2.45, 2.75) is 24.0 Å². The summed E-state index contributed by atoms with van der Waals surface area (Å²) >= 11 is 0. The first-order valence-corrected chi connectivity index (χ1v) is 8.73. The molecule has 132 valence electrons. The highest BCUT2D eigenvalue weighted by molar-refractivity contribution is 7.92. The monoisotopic (exact) mass is 366 g/mol. The van der Waals surface area contributed by atoms with Gasteiger partial charge in [0.15, 0.2) is 9.84 Å². The Kier molecular flexibility index (Phi) is 5.17. The second kappa shape index (κ2) is 6.98. The highest BCUT2D eigenvalue weighted by Crippen LogP contribution is 2.21. The molecule has 0 radical (unpaired) electrons. The van der Waals surface area contributed by atoms with Crippen molar-refractivity contribution in [1.29, 1.82) is 0 Å². The minimum atomic E-state index is -4.05. The Morgan fingerprint density at radius 2 is 1.80 bits per heavy atom. The number of nitrogens with one attached hydrogen (secondary N) is 1. The van der Waals surface area contributed by atoms with Crippen LogP contribution in [0.15, 0.2) is 47.4 Å². The Bertz CT molecular complexity index is 926. The molecule has 0 unspecified atom stereocenters. The van der Waals surface area contributed by atoms with Gasteiger partial charge in [0, 0.05) is 17.8 Å².